The number of benzene rings is 2. The Morgan fingerprint density at radius 3 is 2.67 bits per heavy atom. The molecule has 0 saturated carbocycles. The van der Waals surface area contributed by atoms with Crippen molar-refractivity contribution in [3.63, 3.8) is 0 Å². The number of amides is 2. The highest BCUT2D eigenvalue weighted by atomic mass is 19.1. The lowest BCUT2D eigenvalue weighted by molar-refractivity contribution is -0.137. The highest BCUT2D eigenvalue weighted by Gasteiger charge is 2.36. The summed E-state index contributed by atoms with van der Waals surface area (Å²) in [5.41, 5.74) is 1.11. The molecule has 2 amide bonds. The third-order valence-corrected chi connectivity index (χ3v) is 7.96. The maximum Gasteiger partial charge on any atom is 0.410 e. The van der Waals surface area contributed by atoms with Crippen molar-refractivity contribution in [1.29, 1.82) is 0 Å². The van der Waals surface area contributed by atoms with E-state index in [0.717, 1.165) is 5.39 Å². The van der Waals surface area contributed by atoms with E-state index in [1.54, 1.807) is 75.3 Å². The number of rotatable bonds is 7. The summed E-state index contributed by atoms with van der Waals surface area (Å²) in [5, 5.41) is 9.59. The zero-order chi connectivity index (χ0) is 34.7. The number of hydrogen-bond acceptors (Lipinski definition) is 9. The largest absolute Gasteiger partial charge is 0.463 e. The number of anilines is 1. The number of esters is 1. The van der Waals surface area contributed by atoms with Crippen LogP contribution < -0.4 is 4.90 Å². The van der Waals surface area contributed by atoms with E-state index in [-0.39, 0.29) is 18.7 Å². The lowest BCUT2D eigenvalue weighted by Crippen LogP contribution is -2.53. The van der Waals surface area contributed by atoms with E-state index in [9.17, 15) is 14.4 Å². The van der Waals surface area contributed by atoms with Gasteiger partial charge in [-0.15, -0.1) is 5.10 Å². The minimum absolute atomic E-state index is 0.150. The molecule has 1 fully saturated rings. The van der Waals surface area contributed by atoms with Crippen LogP contribution >= 0.6 is 0 Å². The Morgan fingerprint density at radius 1 is 1.06 bits per heavy atom. The van der Waals surface area contributed by atoms with Crippen molar-refractivity contribution in [3.05, 3.63) is 90.0 Å². The second-order valence-electron chi connectivity index (χ2n) is 12.6. The van der Waals surface area contributed by atoms with Gasteiger partial charge in [0.2, 0.25) is 0 Å². The van der Waals surface area contributed by atoms with Crippen LogP contribution in [0.15, 0.2) is 73.1 Å². The standard InChI is InChI=1S/C36H36FN7O5/c1-5-48-31(45)15-11-23-10-12-24-16-18-39-32(28(24)20-23)43(26-8-7-19-42(22-26)35(47)49-36(2,3)4)34(46)27-14-13-25(21-29(27)37)44-33-30(40-41-44)9-6-17-38-33/h6,9-18,20-21,26H,5,7-8,19,22H2,1-4H3/b15-11+/t26-/m1/s1. The second-order valence-corrected chi connectivity index (χ2v) is 12.6. The van der Waals surface area contributed by atoms with Gasteiger partial charge >= 0.3 is 12.1 Å². The minimum atomic E-state index is -0.773. The molecular formula is C36H36FN7O5. The Bertz CT molecular complexity index is 2070. The molecule has 0 unspecified atom stereocenters. The van der Waals surface area contributed by atoms with E-state index in [2.05, 4.69) is 20.3 Å². The monoisotopic (exact) mass is 665 g/mol. The molecule has 13 heteroatoms. The fraction of sp³-hybridized carbons (Fsp3) is 0.306. The van der Waals surface area contributed by atoms with Crippen LogP contribution in [0.1, 0.15) is 56.5 Å². The maximum atomic E-state index is 16.1. The molecule has 12 nitrogen and oxygen atoms in total. The first-order chi connectivity index (χ1) is 23.5. The molecule has 6 rings (SSSR count). The van der Waals surface area contributed by atoms with Gasteiger partial charge in [-0.1, -0.05) is 17.3 Å². The van der Waals surface area contributed by atoms with Gasteiger partial charge in [0.05, 0.1) is 23.9 Å². The SMILES string of the molecule is CCOC(=O)/C=C/c1ccc2ccnc(N(C(=O)c3ccc(-n4nnc5cccnc54)cc3F)[C@@H]3CCCN(C(=O)OC(C)(C)C)C3)c2c1. The van der Waals surface area contributed by atoms with E-state index in [1.807, 2.05) is 18.2 Å². The van der Waals surface area contributed by atoms with Crippen LogP contribution in [0.3, 0.4) is 0 Å². The number of hydrogen-bond donors (Lipinski definition) is 0. The van der Waals surface area contributed by atoms with Gasteiger partial charge < -0.3 is 14.4 Å². The number of ether oxygens (including phenoxy) is 2. The van der Waals surface area contributed by atoms with Gasteiger partial charge in [-0.3, -0.25) is 9.69 Å². The molecule has 3 aromatic heterocycles. The number of halogens is 1. The van der Waals surface area contributed by atoms with Gasteiger partial charge in [0.1, 0.15) is 22.8 Å². The number of carbonyl (C=O) groups is 3. The Morgan fingerprint density at radius 2 is 1.90 bits per heavy atom. The van der Waals surface area contributed by atoms with Crippen molar-refractivity contribution in [3.8, 4) is 5.69 Å². The molecule has 1 aliphatic heterocycles. The van der Waals surface area contributed by atoms with Crippen molar-refractivity contribution in [2.75, 3.05) is 24.6 Å². The summed E-state index contributed by atoms with van der Waals surface area (Å²) in [6.07, 6.45) is 6.74. The van der Waals surface area contributed by atoms with E-state index >= 15 is 4.39 Å². The smallest absolute Gasteiger partial charge is 0.410 e. The molecule has 5 aromatic rings. The number of pyridine rings is 2. The molecule has 1 aliphatic rings. The fourth-order valence-electron chi connectivity index (χ4n) is 5.79. The molecule has 0 N–H and O–H groups in total. The van der Waals surface area contributed by atoms with Gasteiger partial charge in [-0.25, -0.2) is 23.9 Å². The van der Waals surface area contributed by atoms with Crippen molar-refractivity contribution in [1.82, 2.24) is 29.9 Å². The Labute approximate surface area is 282 Å². The van der Waals surface area contributed by atoms with E-state index < -0.39 is 35.4 Å². The highest BCUT2D eigenvalue weighted by molar-refractivity contribution is 6.10. The van der Waals surface area contributed by atoms with Gasteiger partial charge in [0.15, 0.2) is 5.65 Å². The normalized spacial score (nSPS) is 15.1. The Kier molecular flexibility index (Phi) is 9.34. The van der Waals surface area contributed by atoms with Crippen LogP contribution in [0.5, 0.6) is 0 Å². The van der Waals surface area contributed by atoms with E-state index in [4.69, 9.17) is 9.47 Å². The van der Waals surface area contributed by atoms with Crippen LogP contribution in [-0.4, -0.2) is 79.2 Å². The first kappa shape index (κ1) is 33.2. The number of fused-ring (bicyclic) bond motifs is 2. The van der Waals surface area contributed by atoms with Gasteiger partial charge in [-0.2, -0.15) is 4.68 Å². The van der Waals surface area contributed by atoms with Gasteiger partial charge in [0.25, 0.3) is 5.91 Å². The van der Waals surface area contributed by atoms with Crippen molar-refractivity contribution < 1.29 is 28.2 Å². The molecule has 2 aromatic carbocycles. The summed E-state index contributed by atoms with van der Waals surface area (Å²) < 4.78 is 28.1. The summed E-state index contributed by atoms with van der Waals surface area (Å²) >= 11 is 0. The molecule has 0 radical (unpaired) electrons. The zero-order valence-electron chi connectivity index (χ0n) is 27.7. The number of carbonyl (C=O) groups excluding carboxylic acids is 3. The first-order valence-corrected chi connectivity index (χ1v) is 16.0. The predicted octanol–water partition coefficient (Wildman–Crippen LogP) is 6.13. The number of piperidine rings is 1. The lowest BCUT2D eigenvalue weighted by Gasteiger charge is -2.39. The van der Waals surface area contributed by atoms with Crippen molar-refractivity contribution in [2.45, 2.75) is 52.2 Å². The maximum absolute atomic E-state index is 16.1. The molecule has 4 heterocycles. The van der Waals surface area contributed by atoms with Crippen LogP contribution in [0.25, 0.3) is 33.7 Å². The van der Waals surface area contributed by atoms with Crippen LogP contribution in [0, 0.1) is 5.82 Å². The highest BCUT2D eigenvalue weighted by Crippen LogP contribution is 2.32. The molecule has 1 saturated heterocycles. The summed E-state index contributed by atoms with van der Waals surface area (Å²) in [4.78, 5) is 51.7. The summed E-state index contributed by atoms with van der Waals surface area (Å²) in [6, 6.07) is 14.4. The van der Waals surface area contributed by atoms with Gasteiger partial charge in [0, 0.05) is 43.0 Å². The third kappa shape index (κ3) is 7.25. The average molecular weight is 666 g/mol. The Balaban J connectivity index is 1.42. The first-order valence-electron chi connectivity index (χ1n) is 16.0. The zero-order valence-corrected chi connectivity index (χ0v) is 27.7. The lowest BCUT2D eigenvalue weighted by atomic mass is 10.0. The van der Waals surface area contributed by atoms with Crippen molar-refractivity contribution >= 4 is 51.8 Å². The average Bonchev–Trinajstić information content (AvgIpc) is 3.51. The summed E-state index contributed by atoms with van der Waals surface area (Å²) in [7, 11) is 0. The topological polar surface area (TPSA) is 133 Å². The molecule has 0 bridgehead atoms. The van der Waals surface area contributed by atoms with Crippen LogP contribution in [0.2, 0.25) is 0 Å². The minimum Gasteiger partial charge on any atom is -0.463 e. The number of likely N-dealkylation sites (tertiary alicyclic amines) is 1. The molecule has 0 spiro atoms. The molecule has 49 heavy (non-hydrogen) atoms. The van der Waals surface area contributed by atoms with Gasteiger partial charge in [-0.05, 0) is 94.0 Å². The second kappa shape index (κ2) is 13.8. The van der Waals surface area contributed by atoms with E-state index in [0.29, 0.717) is 53.0 Å². The van der Waals surface area contributed by atoms with Crippen molar-refractivity contribution in [2.24, 2.45) is 0 Å². The Hall–Kier alpha value is -5.72. The van der Waals surface area contributed by atoms with E-state index in [1.165, 1.54) is 27.8 Å². The number of nitrogens with zero attached hydrogens (tertiary/aromatic N) is 7. The molecular weight excluding hydrogens is 629 g/mol. The molecule has 252 valence electrons. The third-order valence-electron chi connectivity index (χ3n) is 7.96. The summed E-state index contributed by atoms with van der Waals surface area (Å²) in [6.45, 7) is 7.95. The molecule has 0 aliphatic carbocycles. The van der Waals surface area contributed by atoms with Crippen LogP contribution in [-0.2, 0) is 14.3 Å². The number of aromatic nitrogens is 5. The van der Waals surface area contributed by atoms with Crippen LogP contribution in [0.4, 0.5) is 15.0 Å². The predicted molar refractivity (Wildman–Crippen MR) is 182 cm³/mol. The summed E-state index contributed by atoms with van der Waals surface area (Å²) in [5.74, 6) is -1.59. The molecule has 1 atom stereocenters. The fourth-order valence-corrected chi connectivity index (χ4v) is 5.79. The quantitative estimate of drug-likeness (QED) is 0.149.